The molecule has 0 atom stereocenters. The summed E-state index contributed by atoms with van der Waals surface area (Å²) >= 11 is 0. The molecule has 30 valence electrons. The third-order valence-electron chi connectivity index (χ3n) is 0.438. The fourth-order valence-electron chi connectivity index (χ4n) is 0.219. The number of hydrogen-bond acceptors (Lipinski definition) is 0. The zero-order chi connectivity index (χ0) is 9.46. The Balaban J connectivity index is 3.37. The van der Waals surface area contributed by atoms with Crippen LogP contribution in [0, 0.1) is 0 Å². The van der Waals surface area contributed by atoms with Gasteiger partial charge in [-0.3, -0.25) is 0 Å². The van der Waals surface area contributed by atoms with Gasteiger partial charge >= 0.3 is 0 Å². The van der Waals surface area contributed by atoms with E-state index in [9.17, 15) is 0 Å². The van der Waals surface area contributed by atoms with Gasteiger partial charge in [0.15, 0.2) is 0 Å². The van der Waals surface area contributed by atoms with Gasteiger partial charge in [-0.05, 0) is 5.57 Å². The number of allylic oxidation sites excluding steroid dienone is 5. The molecule has 0 saturated heterocycles. The molecule has 0 aromatic carbocycles. The minimum Gasteiger partial charge on any atom is -0.0918 e. The summed E-state index contributed by atoms with van der Waals surface area (Å²) in [6.07, 6.45) is 0. The zero-order valence-corrected chi connectivity index (χ0v) is 3.00. The lowest BCUT2D eigenvalue weighted by Gasteiger charge is -1.71. The van der Waals surface area contributed by atoms with Gasteiger partial charge in [-0.25, -0.2) is 0 Å². The van der Waals surface area contributed by atoms with Gasteiger partial charge in [0.2, 0.25) is 0 Å². The summed E-state index contributed by atoms with van der Waals surface area (Å²) in [5, 5.41) is 0. The standard InChI is InChI=1S/C6H6/c1-6-4-2-3-5-6/h2-5H,1H2/i1D2,2D,3D,4D,5D. The minimum atomic E-state index is -0.683. The van der Waals surface area contributed by atoms with Crippen molar-refractivity contribution in [3.8, 4) is 0 Å². The highest BCUT2D eigenvalue weighted by Crippen LogP contribution is 2.01. The summed E-state index contributed by atoms with van der Waals surface area (Å²) in [6, 6.07) is -1.51. The molecule has 1 aliphatic carbocycles. The summed E-state index contributed by atoms with van der Waals surface area (Å²) in [5.41, 5.74) is -0.231. The van der Waals surface area contributed by atoms with E-state index in [0.29, 0.717) is 0 Å². The fraction of sp³-hybridized carbons (Fsp3) is 0. The quantitative estimate of drug-likeness (QED) is 0.419. The highest BCUT2D eigenvalue weighted by molar-refractivity contribution is 5.37. The fourth-order valence-corrected chi connectivity index (χ4v) is 0.219. The van der Waals surface area contributed by atoms with Crippen LogP contribution < -0.4 is 0 Å². The first-order chi connectivity index (χ1) is 5.46. The molecule has 0 amide bonds. The van der Waals surface area contributed by atoms with Crippen molar-refractivity contribution in [2.24, 2.45) is 0 Å². The first kappa shape index (κ1) is 0.738. The third-order valence-corrected chi connectivity index (χ3v) is 0.438. The van der Waals surface area contributed by atoms with Crippen molar-refractivity contribution >= 4 is 0 Å². The van der Waals surface area contributed by atoms with Crippen LogP contribution in [0.15, 0.2) is 36.3 Å². The normalized spacial score (nSPS) is 37.0. The molecule has 0 aromatic heterocycles. The van der Waals surface area contributed by atoms with Crippen LogP contribution in [0.1, 0.15) is 8.22 Å². The van der Waals surface area contributed by atoms with Crippen molar-refractivity contribution in [2.45, 2.75) is 0 Å². The Hall–Kier alpha value is -0.780. The topological polar surface area (TPSA) is 0 Å². The Morgan fingerprint density at radius 1 is 1.67 bits per heavy atom. The van der Waals surface area contributed by atoms with E-state index in [-0.39, 0.29) is 29.8 Å². The van der Waals surface area contributed by atoms with Crippen molar-refractivity contribution in [1.29, 1.82) is 0 Å². The van der Waals surface area contributed by atoms with Crippen LogP contribution in [0.3, 0.4) is 0 Å². The first-order valence-corrected chi connectivity index (χ1v) is 1.50. The van der Waals surface area contributed by atoms with Crippen molar-refractivity contribution in [3.63, 3.8) is 0 Å². The van der Waals surface area contributed by atoms with Gasteiger partial charge in [0.25, 0.3) is 0 Å². The molecule has 0 spiro atoms. The molecule has 0 aromatic rings. The SMILES string of the molecule is [2H]C([2H])=C1C([2H])=C([2H])C([2H])=C1[2H]. The Kier molecular flexibility index (Phi) is 0.139. The molecule has 0 saturated carbocycles. The number of hydrogen-bond donors (Lipinski definition) is 0. The van der Waals surface area contributed by atoms with Gasteiger partial charge in [-0.2, -0.15) is 0 Å². The lowest BCUT2D eigenvalue weighted by Crippen LogP contribution is -1.50. The molecule has 0 aliphatic heterocycles. The summed E-state index contributed by atoms with van der Waals surface area (Å²) in [7, 11) is 0. The highest BCUT2D eigenvalue weighted by Gasteiger charge is 1.80. The van der Waals surface area contributed by atoms with Gasteiger partial charge in [-0.15, -0.1) is 0 Å². The van der Waals surface area contributed by atoms with Gasteiger partial charge in [0, 0.05) is 0 Å². The van der Waals surface area contributed by atoms with Gasteiger partial charge in [0.1, 0.15) is 0 Å². The van der Waals surface area contributed by atoms with E-state index in [1.165, 1.54) is 0 Å². The van der Waals surface area contributed by atoms with Gasteiger partial charge in [0.05, 0.1) is 8.22 Å². The molecule has 0 heteroatoms. The predicted octanol–water partition coefficient (Wildman–Crippen LogP) is 1.67. The van der Waals surface area contributed by atoms with Crippen LogP contribution >= 0.6 is 0 Å². The average molecular weight is 84.2 g/mol. The first-order valence-electron chi connectivity index (χ1n) is 4.50. The Morgan fingerprint density at radius 2 is 2.33 bits per heavy atom. The second-order valence-corrected chi connectivity index (χ2v) is 0.875. The van der Waals surface area contributed by atoms with E-state index in [1.807, 2.05) is 0 Å². The van der Waals surface area contributed by atoms with E-state index in [2.05, 4.69) is 0 Å². The zero-order valence-electron chi connectivity index (χ0n) is 9.00. The van der Waals surface area contributed by atoms with E-state index in [4.69, 9.17) is 8.22 Å². The molecule has 0 bridgehead atoms. The summed E-state index contributed by atoms with van der Waals surface area (Å²) in [5.74, 6) is 0. The highest BCUT2D eigenvalue weighted by atomic mass is 13.9. The van der Waals surface area contributed by atoms with E-state index in [1.54, 1.807) is 0 Å². The van der Waals surface area contributed by atoms with Crippen molar-refractivity contribution < 1.29 is 8.22 Å². The van der Waals surface area contributed by atoms with Crippen molar-refractivity contribution in [2.75, 3.05) is 0 Å². The Bertz CT molecular complexity index is 291. The smallest absolute Gasteiger partial charge is 0.0629 e. The lowest BCUT2D eigenvalue weighted by molar-refractivity contribution is 1.85. The minimum absolute atomic E-state index is 0.231. The van der Waals surface area contributed by atoms with Crippen LogP contribution in [0.2, 0.25) is 0 Å². The van der Waals surface area contributed by atoms with Crippen LogP contribution in [0.5, 0.6) is 0 Å². The van der Waals surface area contributed by atoms with Crippen LogP contribution in [-0.4, -0.2) is 0 Å². The van der Waals surface area contributed by atoms with Crippen LogP contribution in [0.4, 0.5) is 0 Å². The average Bonchev–Trinajstić information content (AvgIpc) is 2.16. The maximum atomic E-state index is 7.20. The molecule has 0 nitrogen and oxygen atoms in total. The van der Waals surface area contributed by atoms with Gasteiger partial charge < -0.3 is 0 Å². The second kappa shape index (κ2) is 1.13. The molecule has 0 radical (unpaired) electrons. The molecule has 1 aliphatic rings. The largest absolute Gasteiger partial charge is 0.0918 e. The molecular formula is C6H6. The molecular weight excluding hydrogens is 72.1 g/mol. The van der Waals surface area contributed by atoms with Crippen LogP contribution in [-0.2, 0) is 0 Å². The van der Waals surface area contributed by atoms with Crippen LogP contribution in [0.25, 0.3) is 0 Å². The lowest BCUT2D eigenvalue weighted by atomic mass is 10.4. The van der Waals surface area contributed by atoms with Crippen molar-refractivity contribution in [1.82, 2.24) is 0 Å². The molecule has 0 unspecified atom stereocenters. The molecule has 0 N–H and O–H groups in total. The summed E-state index contributed by atoms with van der Waals surface area (Å²) in [6.45, 7) is -0.683. The molecule has 1 rings (SSSR count). The maximum Gasteiger partial charge on any atom is 0.0629 e. The predicted molar refractivity (Wildman–Crippen MR) is 27.4 cm³/mol. The number of rotatable bonds is 0. The van der Waals surface area contributed by atoms with Crippen molar-refractivity contribution in [3.05, 3.63) is 36.3 Å². The Labute approximate surface area is 45.9 Å². The van der Waals surface area contributed by atoms with E-state index >= 15 is 0 Å². The summed E-state index contributed by atoms with van der Waals surface area (Å²) < 4.78 is 42.4. The van der Waals surface area contributed by atoms with E-state index in [0.717, 1.165) is 0 Å². The molecule has 6 heavy (non-hydrogen) atoms. The third kappa shape index (κ3) is 0.410. The monoisotopic (exact) mass is 84.1 g/mol. The molecule has 0 fully saturated rings. The Morgan fingerprint density at radius 3 is 2.67 bits per heavy atom. The summed E-state index contributed by atoms with van der Waals surface area (Å²) in [4.78, 5) is 0. The maximum absolute atomic E-state index is 7.20. The van der Waals surface area contributed by atoms with E-state index < -0.39 is 6.53 Å². The second-order valence-electron chi connectivity index (χ2n) is 0.875. The van der Waals surface area contributed by atoms with Gasteiger partial charge in [-0.1, -0.05) is 30.7 Å². The molecule has 0 heterocycles.